The number of amides is 1. The number of ether oxygens (including phenoxy) is 1. The fourth-order valence-corrected chi connectivity index (χ4v) is 2.89. The third-order valence-corrected chi connectivity index (χ3v) is 4.13. The molecule has 1 aliphatic heterocycles. The van der Waals surface area contributed by atoms with Crippen LogP contribution in [0.25, 0.3) is 0 Å². The lowest BCUT2D eigenvalue weighted by molar-refractivity contribution is 0.1000. The smallest absolute Gasteiger partial charge is 0.248 e. The lowest BCUT2D eigenvalue weighted by Gasteiger charge is -2.41. The molecule has 1 atom stereocenters. The lowest BCUT2D eigenvalue weighted by atomic mass is 10.0. The van der Waals surface area contributed by atoms with Crippen LogP contribution in [0, 0.1) is 12.3 Å². The van der Waals surface area contributed by atoms with Gasteiger partial charge in [0.15, 0.2) is 6.23 Å². The first-order chi connectivity index (χ1) is 10.6. The number of methoxy groups -OCH3 is 1. The highest BCUT2D eigenvalue weighted by Gasteiger charge is 2.28. The number of primary amides is 1. The minimum absolute atomic E-state index is 0.278. The van der Waals surface area contributed by atoms with E-state index in [1.165, 1.54) is 0 Å². The summed E-state index contributed by atoms with van der Waals surface area (Å²) >= 11 is 0. The third kappa shape index (κ3) is 3.59. The van der Waals surface area contributed by atoms with Gasteiger partial charge in [0, 0.05) is 24.4 Å². The number of hydrogen-bond acceptors (Lipinski definition) is 4. The zero-order chi connectivity index (χ0) is 16.1. The van der Waals surface area contributed by atoms with Crippen molar-refractivity contribution in [2.24, 2.45) is 5.73 Å². The number of terminal acetylenes is 1. The summed E-state index contributed by atoms with van der Waals surface area (Å²) in [5, 5.41) is 0. The number of nitrogens with two attached hydrogens (primary N) is 1. The molecule has 1 aliphatic rings. The standard InChI is InChI=1S/C17H23N3O2/c1-4-16(22-3)20(14-8-10-19(2)11-9-14)15-7-5-6-13(12-15)17(18)21/h1,5-7,12,14,16H,8-11H2,2-3H3,(H2,18,21). The van der Waals surface area contributed by atoms with E-state index in [0.717, 1.165) is 31.6 Å². The highest BCUT2D eigenvalue weighted by Crippen LogP contribution is 2.26. The second-order valence-corrected chi connectivity index (χ2v) is 5.61. The quantitative estimate of drug-likeness (QED) is 0.658. The molecule has 2 rings (SSSR count). The van der Waals surface area contributed by atoms with Crippen LogP contribution in [0.1, 0.15) is 23.2 Å². The van der Waals surface area contributed by atoms with Crippen molar-refractivity contribution < 1.29 is 9.53 Å². The van der Waals surface area contributed by atoms with Gasteiger partial charge in [0.05, 0.1) is 0 Å². The molecule has 2 N–H and O–H groups in total. The fraction of sp³-hybridized carbons (Fsp3) is 0.471. The summed E-state index contributed by atoms with van der Waals surface area (Å²) in [4.78, 5) is 15.8. The van der Waals surface area contributed by atoms with Crippen LogP contribution in [0.2, 0.25) is 0 Å². The van der Waals surface area contributed by atoms with Crippen molar-refractivity contribution in [3.63, 3.8) is 0 Å². The number of carbonyl (C=O) groups is 1. The number of benzene rings is 1. The summed E-state index contributed by atoms with van der Waals surface area (Å²) in [5.41, 5.74) is 6.73. The number of anilines is 1. The summed E-state index contributed by atoms with van der Waals surface area (Å²) in [7, 11) is 3.72. The molecule has 1 aromatic rings. The van der Waals surface area contributed by atoms with E-state index < -0.39 is 12.1 Å². The fourth-order valence-electron chi connectivity index (χ4n) is 2.89. The second-order valence-electron chi connectivity index (χ2n) is 5.61. The molecule has 1 unspecified atom stereocenters. The van der Waals surface area contributed by atoms with Crippen molar-refractivity contribution in [1.29, 1.82) is 0 Å². The monoisotopic (exact) mass is 301 g/mol. The number of carbonyl (C=O) groups excluding carboxylic acids is 1. The van der Waals surface area contributed by atoms with Crippen LogP contribution in [-0.4, -0.2) is 50.3 Å². The van der Waals surface area contributed by atoms with Crippen molar-refractivity contribution in [3.8, 4) is 12.3 Å². The normalized spacial score (nSPS) is 17.7. The van der Waals surface area contributed by atoms with E-state index in [4.69, 9.17) is 16.9 Å². The van der Waals surface area contributed by atoms with Crippen molar-refractivity contribution in [1.82, 2.24) is 4.90 Å². The Morgan fingerprint density at radius 2 is 2.18 bits per heavy atom. The summed E-state index contributed by atoms with van der Waals surface area (Å²) in [6.45, 7) is 2.02. The zero-order valence-electron chi connectivity index (χ0n) is 13.2. The highest BCUT2D eigenvalue weighted by molar-refractivity contribution is 5.93. The average molecular weight is 301 g/mol. The molecule has 0 aliphatic carbocycles. The maximum absolute atomic E-state index is 11.4. The first-order valence-corrected chi connectivity index (χ1v) is 7.42. The Morgan fingerprint density at radius 3 is 2.73 bits per heavy atom. The van der Waals surface area contributed by atoms with E-state index in [0.29, 0.717) is 5.56 Å². The molecule has 118 valence electrons. The van der Waals surface area contributed by atoms with E-state index in [1.54, 1.807) is 19.2 Å². The minimum atomic E-state index is -0.462. The zero-order valence-corrected chi connectivity index (χ0v) is 13.2. The van der Waals surface area contributed by atoms with Gasteiger partial charge in [-0.3, -0.25) is 4.79 Å². The number of rotatable bonds is 5. The van der Waals surface area contributed by atoms with Gasteiger partial charge in [-0.2, -0.15) is 0 Å². The minimum Gasteiger partial charge on any atom is -0.366 e. The molecule has 0 aromatic heterocycles. The van der Waals surface area contributed by atoms with Crippen LogP contribution in [0.5, 0.6) is 0 Å². The Balaban J connectivity index is 2.34. The maximum atomic E-state index is 11.4. The molecule has 5 heteroatoms. The molecule has 1 saturated heterocycles. The van der Waals surface area contributed by atoms with Crippen LogP contribution in [-0.2, 0) is 4.74 Å². The first kappa shape index (κ1) is 16.3. The molecule has 1 aromatic carbocycles. The molecule has 22 heavy (non-hydrogen) atoms. The largest absolute Gasteiger partial charge is 0.366 e. The van der Waals surface area contributed by atoms with Crippen molar-refractivity contribution in [3.05, 3.63) is 29.8 Å². The number of hydrogen-bond donors (Lipinski definition) is 1. The SMILES string of the molecule is C#CC(OC)N(c1cccc(C(N)=O)c1)C1CCN(C)CC1. The molecule has 0 radical (unpaired) electrons. The van der Waals surface area contributed by atoms with Gasteiger partial charge in [-0.1, -0.05) is 12.0 Å². The highest BCUT2D eigenvalue weighted by atomic mass is 16.5. The molecule has 1 heterocycles. The van der Waals surface area contributed by atoms with Gasteiger partial charge < -0.3 is 20.3 Å². The van der Waals surface area contributed by atoms with Crippen LogP contribution in [0.4, 0.5) is 5.69 Å². The Hall–Kier alpha value is -2.03. The summed E-state index contributed by atoms with van der Waals surface area (Å²) < 4.78 is 5.46. The lowest BCUT2D eigenvalue weighted by Crippen LogP contribution is -2.49. The van der Waals surface area contributed by atoms with Crippen molar-refractivity contribution in [2.45, 2.75) is 25.1 Å². The Bertz CT molecular complexity index is 559. The molecule has 1 fully saturated rings. The number of likely N-dealkylation sites (tertiary alicyclic amines) is 1. The van der Waals surface area contributed by atoms with Gasteiger partial charge in [-0.25, -0.2) is 0 Å². The van der Waals surface area contributed by atoms with Gasteiger partial charge in [0.1, 0.15) is 0 Å². The van der Waals surface area contributed by atoms with Crippen LogP contribution < -0.4 is 10.6 Å². The molecular weight excluding hydrogens is 278 g/mol. The predicted octanol–water partition coefficient (Wildman–Crippen LogP) is 1.29. The van der Waals surface area contributed by atoms with Gasteiger partial charge in [0.2, 0.25) is 5.91 Å². The van der Waals surface area contributed by atoms with E-state index in [2.05, 4.69) is 22.8 Å². The topological polar surface area (TPSA) is 58.8 Å². The van der Waals surface area contributed by atoms with E-state index in [-0.39, 0.29) is 6.04 Å². The van der Waals surface area contributed by atoms with Crippen LogP contribution in [0.15, 0.2) is 24.3 Å². The number of nitrogens with zero attached hydrogens (tertiary/aromatic N) is 2. The van der Waals surface area contributed by atoms with Gasteiger partial charge in [-0.15, -0.1) is 6.42 Å². The van der Waals surface area contributed by atoms with Crippen molar-refractivity contribution >= 4 is 11.6 Å². The summed E-state index contributed by atoms with van der Waals surface area (Å²) in [6, 6.07) is 7.52. The van der Waals surface area contributed by atoms with E-state index in [9.17, 15) is 4.79 Å². The van der Waals surface area contributed by atoms with Gasteiger partial charge in [-0.05, 0) is 51.2 Å². The Morgan fingerprint density at radius 1 is 1.50 bits per heavy atom. The summed E-state index contributed by atoms with van der Waals surface area (Å²) in [6.07, 6.45) is 7.17. The number of piperidine rings is 1. The molecule has 1 amide bonds. The average Bonchev–Trinajstić information content (AvgIpc) is 2.53. The third-order valence-electron chi connectivity index (χ3n) is 4.13. The van der Waals surface area contributed by atoms with Gasteiger partial charge in [0.25, 0.3) is 0 Å². The van der Waals surface area contributed by atoms with E-state index in [1.807, 2.05) is 12.1 Å². The van der Waals surface area contributed by atoms with Crippen LogP contribution in [0.3, 0.4) is 0 Å². The molecule has 0 spiro atoms. The Kier molecular flexibility index (Phi) is 5.42. The molecule has 0 saturated carbocycles. The van der Waals surface area contributed by atoms with Crippen molar-refractivity contribution in [2.75, 3.05) is 32.1 Å². The second kappa shape index (κ2) is 7.30. The van der Waals surface area contributed by atoms with E-state index >= 15 is 0 Å². The maximum Gasteiger partial charge on any atom is 0.248 e. The predicted molar refractivity (Wildman–Crippen MR) is 87.6 cm³/mol. The Labute approximate surface area is 132 Å². The van der Waals surface area contributed by atoms with Gasteiger partial charge >= 0.3 is 0 Å². The summed E-state index contributed by atoms with van der Waals surface area (Å²) in [5.74, 6) is 2.24. The molecule has 0 bridgehead atoms. The molecule has 5 nitrogen and oxygen atoms in total. The van der Waals surface area contributed by atoms with Crippen LogP contribution >= 0.6 is 0 Å². The molecular formula is C17H23N3O2. The first-order valence-electron chi connectivity index (χ1n) is 7.42.